The van der Waals surface area contributed by atoms with Crippen molar-refractivity contribution in [1.82, 2.24) is 19.7 Å². The number of hydrogen-bond donors (Lipinski definition) is 0. The molecular weight excluding hydrogens is 362 g/mol. The number of nitrogens with zero attached hydrogens (tertiary/aromatic N) is 5. The summed E-state index contributed by atoms with van der Waals surface area (Å²) in [5.41, 5.74) is 1.00. The monoisotopic (exact) mass is 387 g/mol. The van der Waals surface area contributed by atoms with Crippen molar-refractivity contribution in [3.63, 3.8) is 0 Å². The number of morpholine rings is 1. The Labute approximate surface area is 163 Å². The van der Waals surface area contributed by atoms with E-state index in [-0.39, 0.29) is 5.91 Å². The fourth-order valence-corrected chi connectivity index (χ4v) is 4.04. The van der Waals surface area contributed by atoms with Crippen molar-refractivity contribution < 1.29 is 9.53 Å². The van der Waals surface area contributed by atoms with Crippen LogP contribution in [-0.2, 0) is 9.53 Å². The minimum absolute atomic E-state index is 0.141. The van der Waals surface area contributed by atoms with E-state index in [2.05, 4.69) is 15.1 Å². The van der Waals surface area contributed by atoms with Gasteiger partial charge in [-0.25, -0.2) is 0 Å². The Morgan fingerprint density at radius 3 is 2.67 bits per heavy atom. The Morgan fingerprint density at radius 1 is 1.22 bits per heavy atom. The third kappa shape index (κ3) is 4.44. The Morgan fingerprint density at radius 2 is 1.96 bits per heavy atom. The van der Waals surface area contributed by atoms with E-state index in [0.29, 0.717) is 24.9 Å². The quantitative estimate of drug-likeness (QED) is 0.678. The molecule has 0 spiro atoms. The van der Waals surface area contributed by atoms with Gasteiger partial charge in [0.15, 0.2) is 5.16 Å². The first kappa shape index (κ1) is 18.3. The molecule has 27 heavy (non-hydrogen) atoms. The number of aromatic nitrogens is 3. The maximum Gasteiger partial charge on any atom is 0.232 e. The van der Waals surface area contributed by atoms with Gasteiger partial charge >= 0.3 is 0 Å². The van der Waals surface area contributed by atoms with Crippen molar-refractivity contribution in [2.24, 2.45) is 5.92 Å². The van der Waals surface area contributed by atoms with E-state index in [4.69, 9.17) is 4.74 Å². The van der Waals surface area contributed by atoms with Gasteiger partial charge in [-0.1, -0.05) is 30.0 Å². The highest BCUT2D eigenvalue weighted by Crippen LogP contribution is 2.30. The number of benzene rings is 1. The molecule has 2 fully saturated rings. The van der Waals surface area contributed by atoms with E-state index >= 15 is 0 Å². The SMILES string of the molecule is CN(CC1CC1)C(=O)CSc1nnc(N2CCOCC2)n1-c1ccccc1. The molecule has 0 atom stereocenters. The molecule has 0 radical (unpaired) electrons. The summed E-state index contributed by atoms with van der Waals surface area (Å²) in [4.78, 5) is 16.5. The van der Waals surface area contributed by atoms with Crippen LogP contribution < -0.4 is 4.90 Å². The molecule has 7 nitrogen and oxygen atoms in total. The van der Waals surface area contributed by atoms with Crippen LogP contribution in [0.1, 0.15) is 12.8 Å². The second-order valence-corrected chi connectivity index (χ2v) is 8.00. The van der Waals surface area contributed by atoms with Crippen molar-refractivity contribution in [2.75, 3.05) is 50.5 Å². The number of hydrogen-bond acceptors (Lipinski definition) is 6. The highest BCUT2D eigenvalue weighted by Gasteiger charge is 2.26. The Kier molecular flexibility index (Phi) is 5.63. The zero-order chi connectivity index (χ0) is 18.6. The second-order valence-electron chi connectivity index (χ2n) is 7.06. The third-order valence-electron chi connectivity index (χ3n) is 4.90. The number of anilines is 1. The molecule has 1 aromatic heterocycles. The van der Waals surface area contributed by atoms with Gasteiger partial charge in [-0.15, -0.1) is 10.2 Å². The molecule has 1 amide bonds. The van der Waals surface area contributed by atoms with Crippen molar-refractivity contribution in [3.05, 3.63) is 30.3 Å². The summed E-state index contributed by atoms with van der Waals surface area (Å²) in [7, 11) is 1.89. The molecule has 4 rings (SSSR count). The molecule has 0 N–H and O–H groups in total. The van der Waals surface area contributed by atoms with Gasteiger partial charge in [0.2, 0.25) is 11.9 Å². The Balaban J connectivity index is 1.52. The van der Waals surface area contributed by atoms with E-state index in [1.165, 1.54) is 24.6 Å². The number of carbonyl (C=O) groups is 1. The zero-order valence-corrected chi connectivity index (χ0v) is 16.4. The minimum Gasteiger partial charge on any atom is -0.378 e. The van der Waals surface area contributed by atoms with Crippen LogP contribution in [0.2, 0.25) is 0 Å². The number of carbonyl (C=O) groups excluding carboxylic acids is 1. The molecule has 2 heterocycles. The first-order valence-corrected chi connectivity index (χ1v) is 10.4. The van der Waals surface area contributed by atoms with E-state index in [1.54, 1.807) is 0 Å². The summed E-state index contributed by atoms with van der Waals surface area (Å²) in [6.07, 6.45) is 2.49. The van der Waals surface area contributed by atoms with E-state index in [9.17, 15) is 4.79 Å². The molecule has 2 aliphatic rings. The van der Waals surface area contributed by atoms with Gasteiger partial charge in [0.25, 0.3) is 0 Å². The van der Waals surface area contributed by atoms with Gasteiger partial charge in [0, 0.05) is 26.7 Å². The van der Waals surface area contributed by atoms with Gasteiger partial charge < -0.3 is 14.5 Å². The number of amides is 1. The van der Waals surface area contributed by atoms with Gasteiger partial charge in [-0.3, -0.25) is 9.36 Å². The molecule has 0 unspecified atom stereocenters. The van der Waals surface area contributed by atoms with Crippen molar-refractivity contribution in [2.45, 2.75) is 18.0 Å². The maximum atomic E-state index is 12.5. The second kappa shape index (κ2) is 8.31. The molecule has 1 saturated heterocycles. The molecule has 2 aromatic rings. The lowest BCUT2D eigenvalue weighted by Gasteiger charge is -2.27. The van der Waals surface area contributed by atoms with Crippen LogP contribution in [0.3, 0.4) is 0 Å². The smallest absolute Gasteiger partial charge is 0.232 e. The van der Waals surface area contributed by atoms with Crippen LogP contribution in [0.4, 0.5) is 5.95 Å². The lowest BCUT2D eigenvalue weighted by molar-refractivity contribution is -0.127. The summed E-state index contributed by atoms with van der Waals surface area (Å²) in [5, 5.41) is 9.58. The Hall–Kier alpha value is -2.06. The van der Waals surface area contributed by atoms with E-state index in [0.717, 1.165) is 36.4 Å². The van der Waals surface area contributed by atoms with Crippen LogP contribution >= 0.6 is 11.8 Å². The minimum atomic E-state index is 0.141. The lowest BCUT2D eigenvalue weighted by Crippen LogP contribution is -2.37. The number of para-hydroxylation sites is 1. The maximum absolute atomic E-state index is 12.5. The van der Waals surface area contributed by atoms with Gasteiger partial charge in [0.05, 0.1) is 24.7 Å². The molecule has 144 valence electrons. The average Bonchev–Trinajstić information content (AvgIpc) is 3.42. The summed E-state index contributed by atoms with van der Waals surface area (Å²) < 4.78 is 7.51. The third-order valence-corrected chi connectivity index (χ3v) is 5.82. The summed E-state index contributed by atoms with van der Waals surface area (Å²) in [6.45, 7) is 3.82. The number of ether oxygens (including phenoxy) is 1. The molecular formula is C19H25N5O2S. The van der Waals surface area contributed by atoms with Crippen LogP contribution in [-0.4, -0.2) is 71.2 Å². The molecule has 1 saturated carbocycles. The van der Waals surface area contributed by atoms with Crippen LogP contribution in [0, 0.1) is 5.92 Å². The topological polar surface area (TPSA) is 63.5 Å². The molecule has 1 aliphatic heterocycles. The molecule has 1 aliphatic carbocycles. The van der Waals surface area contributed by atoms with Crippen molar-refractivity contribution in [3.8, 4) is 5.69 Å². The highest BCUT2D eigenvalue weighted by molar-refractivity contribution is 7.99. The fourth-order valence-electron chi connectivity index (χ4n) is 3.15. The normalized spacial score (nSPS) is 17.1. The summed E-state index contributed by atoms with van der Waals surface area (Å²) >= 11 is 1.45. The van der Waals surface area contributed by atoms with Crippen LogP contribution in [0.5, 0.6) is 0 Å². The highest BCUT2D eigenvalue weighted by atomic mass is 32.2. The predicted octanol–water partition coefficient (Wildman–Crippen LogP) is 2.06. The van der Waals surface area contributed by atoms with Gasteiger partial charge in [-0.05, 0) is 30.9 Å². The van der Waals surface area contributed by atoms with Gasteiger partial charge in [0.1, 0.15) is 0 Å². The first-order valence-electron chi connectivity index (χ1n) is 9.42. The van der Waals surface area contributed by atoms with E-state index in [1.807, 2.05) is 46.8 Å². The first-order chi connectivity index (χ1) is 13.2. The lowest BCUT2D eigenvalue weighted by atomic mass is 10.3. The van der Waals surface area contributed by atoms with Gasteiger partial charge in [-0.2, -0.15) is 0 Å². The molecule has 0 bridgehead atoms. The fraction of sp³-hybridized carbons (Fsp3) is 0.526. The summed E-state index contributed by atoms with van der Waals surface area (Å²) in [6, 6.07) is 10.1. The average molecular weight is 388 g/mol. The summed E-state index contributed by atoms with van der Waals surface area (Å²) in [5.74, 6) is 2.02. The van der Waals surface area contributed by atoms with Crippen molar-refractivity contribution in [1.29, 1.82) is 0 Å². The largest absolute Gasteiger partial charge is 0.378 e. The van der Waals surface area contributed by atoms with Crippen LogP contribution in [0.25, 0.3) is 5.69 Å². The van der Waals surface area contributed by atoms with Crippen molar-refractivity contribution >= 4 is 23.6 Å². The zero-order valence-electron chi connectivity index (χ0n) is 15.6. The number of rotatable bonds is 7. The van der Waals surface area contributed by atoms with Crippen LogP contribution in [0.15, 0.2) is 35.5 Å². The standard InChI is InChI=1S/C19H25N5O2S/c1-22(13-15-7-8-15)17(25)14-27-19-21-20-18(23-9-11-26-12-10-23)24(19)16-5-3-2-4-6-16/h2-6,15H,7-14H2,1H3. The number of thioether (sulfide) groups is 1. The Bertz CT molecular complexity index is 772. The molecule has 8 heteroatoms. The van der Waals surface area contributed by atoms with E-state index < -0.39 is 0 Å². The predicted molar refractivity (Wildman–Crippen MR) is 105 cm³/mol. The molecule has 1 aromatic carbocycles.